The molecule has 2 aromatic rings. The summed E-state index contributed by atoms with van der Waals surface area (Å²) in [7, 11) is 0. The standard InChI is InChI=1S/C24H30N2O3/c1-3-4-11-28-24(27)20-14-29-15(2)19-13-26-10-9-17-16-7-5-6-8-21(16)25-23(17)22(26)12-18(19)20/h5-8,14-15,18-19,22,25H,3-4,9-13H2,1-2H3/t15-,18?,19+,22?/m0/s1. The summed E-state index contributed by atoms with van der Waals surface area (Å²) >= 11 is 0. The Morgan fingerprint density at radius 2 is 2.21 bits per heavy atom. The number of esters is 1. The smallest absolute Gasteiger partial charge is 0.337 e. The van der Waals surface area contributed by atoms with Crippen molar-refractivity contribution in [3.8, 4) is 0 Å². The number of nitrogens with zero attached hydrogens (tertiary/aromatic N) is 1. The molecule has 1 saturated heterocycles. The van der Waals surface area contributed by atoms with Crippen LogP contribution >= 0.6 is 0 Å². The monoisotopic (exact) mass is 394 g/mol. The van der Waals surface area contributed by atoms with Gasteiger partial charge in [-0.05, 0) is 37.8 Å². The van der Waals surface area contributed by atoms with Gasteiger partial charge in [-0.1, -0.05) is 31.5 Å². The summed E-state index contributed by atoms with van der Waals surface area (Å²) in [4.78, 5) is 19.1. The molecule has 1 aromatic heterocycles. The molecular formula is C24H30N2O3. The number of piperidine rings is 1. The van der Waals surface area contributed by atoms with Gasteiger partial charge in [-0.25, -0.2) is 4.79 Å². The summed E-state index contributed by atoms with van der Waals surface area (Å²) in [5, 5.41) is 1.35. The highest BCUT2D eigenvalue weighted by Crippen LogP contribution is 2.47. The zero-order chi connectivity index (χ0) is 20.0. The lowest BCUT2D eigenvalue weighted by atomic mass is 9.72. The number of para-hydroxylation sites is 1. The van der Waals surface area contributed by atoms with Gasteiger partial charge in [-0.3, -0.25) is 4.90 Å². The number of benzene rings is 1. The third kappa shape index (κ3) is 3.16. The Labute approximate surface area is 172 Å². The van der Waals surface area contributed by atoms with Crippen molar-refractivity contribution in [2.75, 3.05) is 19.7 Å². The van der Waals surface area contributed by atoms with Crippen LogP contribution in [0.15, 0.2) is 36.1 Å². The SMILES string of the molecule is CCCCOC(=O)C1=CO[C@@H](C)[C@H]2CN3CCc4c([nH]c5ccccc45)C3CC12. The van der Waals surface area contributed by atoms with Crippen molar-refractivity contribution in [2.24, 2.45) is 11.8 Å². The largest absolute Gasteiger partial charge is 0.497 e. The van der Waals surface area contributed by atoms with Crippen molar-refractivity contribution in [1.29, 1.82) is 0 Å². The van der Waals surface area contributed by atoms with Gasteiger partial charge < -0.3 is 14.5 Å². The second kappa shape index (κ2) is 7.52. The molecule has 1 fully saturated rings. The van der Waals surface area contributed by atoms with Crippen molar-refractivity contribution >= 4 is 16.9 Å². The predicted molar refractivity (Wildman–Crippen MR) is 112 cm³/mol. The molecule has 0 spiro atoms. The summed E-state index contributed by atoms with van der Waals surface area (Å²) in [5.41, 5.74) is 4.74. The lowest BCUT2D eigenvalue weighted by molar-refractivity contribution is -0.142. The molecule has 5 nitrogen and oxygen atoms in total. The maximum atomic E-state index is 12.8. The van der Waals surface area contributed by atoms with Crippen LogP contribution in [0.2, 0.25) is 0 Å². The third-order valence-corrected chi connectivity index (χ3v) is 7.09. The minimum Gasteiger partial charge on any atom is -0.497 e. The molecule has 1 N–H and O–H groups in total. The molecule has 5 rings (SSSR count). The number of aromatic nitrogens is 1. The van der Waals surface area contributed by atoms with Crippen molar-refractivity contribution in [1.82, 2.24) is 9.88 Å². The van der Waals surface area contributed by atoms with E-state index >= 15 is 0 Å². The van der Waals surface area contributed by atoms with Crippen molar-refractivity contribution in [3.63, 3.8) is 0 Å². The number of hydrogen-bond acceptors (Lipinski definition) is 4. The minimum atomic E-state index is -0.193. The van der Waals surface area contributed by atoms with Crippen molar-refractivity contribution < 1.29 is 14.3 Å². The molecule has 3 aliphatic heterocycles. The summed E-state index contributed by atoms with van der Waals surface area (Å²) in [5.74, 6) is 0.323. The first-order valence-electron chi connectivity index (χ1n) is 11.0. The van der Waals surface area contributed by atoms with Gasteiger partial charge in [0.2, 0.25) is 0 Å². The van der Waals surface area contributed by atoms with E-state index in [0.717, 1.165) is 44.3 Å². The van der Waals surface area contributed by atoms with Crippen molar-refractivity contribution in [3.05, 3.63) is 47.4 Å². The first kappa shape index (κ1) is 18.7. The third-order valence-electron chi connectivity index (χ3n) is 7.09. The van der Waals surface area contributed by atoms with E-state index in [1.165, 1.54) is 22.2 Å². The molecule has 3 aliphatic rings. The number of carbonyl (C=O) groups excluding carboxylic acids is 1. The number of ether oxygens (including phenoxy) is 2. The molecule has 1 aromatic carbocycles. The van der Waals surface area contributed by atoms with Gasteiger partial charge in [0.05, 0.1) is 30.6 Å². The Morgan fingerprint density at radius 3 is 3.07 bits per heavy atom. The number of fused-ring (bicyclic) bond motifs is 6. The zero-order valence-electron chi connectivity index (χ0n) is 17.3. The van der Waals surface area contributed by atoms with Gasteiger partial charge >= 0.3 is 5.97 Å². The fraction of sp³-hybridized carbons (Fsp3) is 0.542. The molecule has 29 heavy (non-hydrogen) atoms. The van der Waals surface area contributed by atoms with E-state index < -0.39 is 0 Å². The fourth-order valence-corrected chi connectivity index (χ4v) is 5.46. The van der Waals surface area contributed by atoms with Gasteiger partial charge in [-0.15, -0.1) is 0 Å². The maximum absolute atomic E-state index is 12.8. The number of rotatable bonds is 4. The molecule has 2 unspecified atom stereocenters. The molecule has 5 heteroatoms. The Kier molecular flexibility index (Phi) is 4.86. The number of hydrogen-bond donors (Lipinski definition) is 1. The topological polar surface area (TPSA) is 54.6 Å². The predicted octanol–water partition coefficient (Wildman–Crippen LogP) is 4.35. The van der Waals surface area contributed by atoms with E-state index in [0.29, 0.717) is 18.6 Å². The lowest BCUT2D eigenvalue weighted by Crippen LogP contribution is -2.51. The van der Waals surface area contributed by atoms with Crippen LogP contribution in [-0.2, 0) is 20.7 Å². The Bertz CT molecular complexity index is 947. The van der Waals surface area contributed by atoms with Gasteiger partial charge in [0.25, 0.3) is 0 Å². The van der Waals surface area contributed by atoms with Gasteiger partial charge in [0.15, 0.2) is 0 Å². The molecule has 4 heterocycles. The van der Waals surface area contributed by atoms with Crippen LogP contribution in [0.5, 0.6) is 0 Å². The highest BCUT2D eigenvalue weighted by molar-refractivity contribution is 5.89. The zero-order valence-corrected chi connectivity index (χ0v) is 17.3. The lowest BCUT2D eigenvalue weighted by Gasteiger charge is -2.49. The van der Waals surface area contributed by atoms with E-state index in [4.69, 9.17) is 9.47 Å². The van der Waals surface area contributed by atoms with Crippen molar-refractivity contribution in [2.45, 2.75) is 51.7 Å². The fourth-order valence-electron chi connectivity index (χ4n) is 5.46. The number of nitrogens with one attached hydrogen (secondary N) is 1. The number of unbranched alkanes of at least 4 members (excludes halogenated alkanes) is 1. The number of aromatic amines is 1. The molecule has 4 atom stereocenters. The van der Waals surface area contributed by atoms with Gasteiger partial charge in [0, 0.05) is 41.5 Å². The van der Waals surface area contributed by atoms with E-state index in [1.807, 2.05) is 0 Å². The summed E-state index contributed by atoms with van der Waals surface area (Å²) < 4.78 is 11.4. The van der Waals surface area contributed by atoms with Crippen LogP contribution < -0.4 is 0 Å². The first-order valence-corrected chi connectivity index (χ1v) is 11.0. The quantitative estimate of drug-likeness (QED) is 0.619. The summed E-state index contributed by atoms with van der Waals surface area (Å²) in [6.07, 6.45) is 5.74. The number of carbonyl (C=O) groups is 1. The second-order valence-electron chi connectivity index (χ2n) is 8.73. The molecule has 0 amide bonds. The highest BCUT2D eigenvalue weighted by Gasteiger charge is 2.47. The molecule has 154 valence electrons. The Balaban J connectivity index is 1.45. The number of H-pyrrole nitrogens is 1. The Hall–Kier alpha value is -2.27. The Morgan fingerprint density at radius 1 is 1.34 bits per heavy atom. The van der Waals surface area contributed by atoms with Crippen LogP contribution in [-0.4, -0.2) is 41.7 Å². The van der Waals surface area contributed by atoms with E-state index in [1.54, 1.807) is 6.26 Å². The van der Waals surface area contributed by atoms with Crippen LogP contribution in [0.1, 0.15) is 50.4 Å². The molecule has 0 bridgehead atoms. The van der Waals surface area contributed by atoms with Crippen LogP contribution in [0.25, 0.3) is 10.9 Å². The van der Waals surface area contributed by atoms with Crippen LogP contribution in [0.4, 0.5) is 0 Å². The minimum absolute atomic E-state index is 0.122. The second-order valence-corrected chi connectivity index (χ2v) is 8.73. The van der Waals surface area contributed by atoms with Gasteiger partial charge in [0.1, 0.15) is 0 Å². The average Bonchev–Trinajstić information content (AvgIpc) is 3.12. The maximum Gasteiger partial charge on any atom is 0.337 e. The molecular weight excluding hydrogens is 364 g/mol. The highest BCUT2D eigenvalue weighted by atomic mass is 16.5. The van der Waals surface area contributed by atoms with E-state index in [-0.39, 0.29) is 18.0 Å². The van der Waals surface area contributed by atoms with Crippen LogP contribution in [0, 0.1) is 11.8 Å². The van der Waals surface area contributed by atoms with E-state index in [2.05, 4.69) is 48.0 Å². The van der Waals surface area contributed by atoms with Gasteiger partial charge in [-0.2, -0.15) is 0 Å². The molecule has 0 saturated carbocycles. The first-order chi connectivity index (χ1) is 14.2. The summed E-state index contributed by atoms with van der Waals surface area (Å²) in [6, 6.07) is 8.92. The average molecular weight is 395 g/mol. The molecule has 0 aliphatic carbocycles. The molecule has 0 radical (unpaired) electrons. The van der Waals surface area contributed by atoms with E-state index in [9.17, 15) is 4.79 Å². The van der Waals surface area contributed by atoms with Crippen LogP contribution in [0.3, 0.4) is 0 Å². The summed E-state index contributed by atoms with van der Waals surface area (Å²) in [6.45, 7) is 6.75. The normalized spacial score (nSPS) is 28.7.